The summed E-state index contributed by atoms with van der Waals surface area (Å²) in [6.07, 6.45) is 0. The molecule has 4 nitrogen and oxygen atoms in total. The van der Waals surface area contributed by atoms with Crippen molar-refractivity contribution in [2.45, 2.75) is 0 Å². The maximum Gasteiger partial charge on any atom is 0.323 e. The number of rotatable bonds is 2. The lowest BCUT2D eigenvalue weighted by Gasteiger charge is -2.09. The second-order valence-corrected chi connectivity index (χ2v) is 4.99. The van der Waals surface area contributed by atoms with E-state index in [1.54, 1.807) is 24.3 Å². The van der Waals surface area contributed by atoms with Crippen LogP contribution in [0.3, 0.4) is 0 Å². The fourth-order valence-electron chi connectivity index (χ4n) is 1.44. The number of nitrogens with two attached hydrogens (primary N) is 1. The van der Waals surface area contributed by atoms with Gasteiger partial charge in [0, 0.05) is 14.9 Å². The molecule has 0 aliphatic rings. The van der Waals surface area contributed by atoms with Gasteiger partial charge in [0.1, 0.15) is 5.82 Å². The third kappa shape index (κ3) is 3.82. The van der Waals surface area contributed by atoms with Crippen LogP contribution in [-0.2, 0) is 0 Å². The topological polar surface area (TPSA) is 67.1 Å². The van der Waals surface area contributed by atoms with Crippen LogP contribution in [0.2, 0.25) is 0 Å². The lowest BCUT2D eigenvalue weighted by Crippen LogP contribution is -2.20. The Balaban J connectivity index is 2.03. The molecule has 0 unspecified atom stereocenters. The van der Waals surface area contributed by atoms with Crippen molar-refractivity contribution in [1.29, 1.82) is 0 Å². The zero-order chi connectivity index (χ0) is 13.8. The lowest BCUT2D eigenvalue weighted by molar-refractivity contribution is 0.262. The molecular weight excluding hydrogens is 360 g/mol. The molecular formula is C13H11FIN3O. The number of amides is 2. The van der Waals surface area contributed by atoms with Gasteiger partial charge in [-0.25, -0.2) is 9.18 Å². The number of hydrogen-bond acceptors (Lipinski definition) is 2. The van der Waals surface area contributed by atoms with Crippen molar-refractivity contribution in [3.8, 4) is 0 Å². The van der Waals surface area contributed by atoms with Gasteiger partial charge >= 0.3 is 6.03 Å². The summed E-state index contributed by atoms with van der Waals surface area (Å²) in [5.74, 6) is -0.339. The summed E-state index contributed by atoms with van der Waals surface area (Å²) in [5, 5.41) is 5.30. The highest BCUT2D eigenvalue weighted by atomic mass is 127. The van der Waals surface area contributed by atoms with Crippen LogP contribution in [0.5, 0.6) is 0 Å². The summed E-state index contributed by atoms with van der Waals surface area (Å²) in [5.41, 5.74) is 7.35. The fourth-order valence-corrected chi connectivity index (χ4v) is 2.05. The number of urea groups is 1. The molecule has 0 saturated carbocycles. The first-order valence-electron chi connectivity index (χ1n) is 5.43. The molecule has 0 aliphatic carbocycles. The summed E-state index contributed by atoms with van der Waals surface area (Å²) in [6, 6.07) is 10.5. The van der Waals surface area contributed by atoms with Gasteiger partial charge in [-0.1, -0.05) is 0 Å². The third-order valence-electron chi connectivity index (χ3n) is 2.35. The Kier molecular flexibility index (Phi) is 4.20. The van der Waals surface area contributed by atoms with Crippen molar-refractivity contribution in [3.63, 3.8) is 0 Å². The Labute approximate surface area is 123 Å². The molecule has 2 aromatic rings. The van der Waals surface area contributed by atoms with E-state index in [4.69, 9.17) is 5.73 Å². The van der Waals surface area contributed by atoms with Gasteiger partial charge < -0.3 is 16.4 Å². The summed E-state index contributed by atoms with van der Waals surface area (Å²) in [6.45, 7) is 0. The van der Waals surface area contributed by atoms with Crippen molar-refractivity contribution < 1.29 is 9.18 Å². The monoisotopic (exact) mass is 371 g/mol. The highest BCUT2D eigenvalue weighted by Crippen LogP contribution is 2.19. The normalized spacial score (nSPS) is 10.0. The minimum absolute atomic E-state index is 0.339. The van der Waals surface area contributed by atoms with Gasteiger partial charge in [0.2, 0.25) is 0 Å². The van der Waals surface area contributed by atoms with Crippen LogP contribution in [-0.4, -0.2) is 6.03 Å². The molecule has 0 heterocycles. The molecule has 4 N–H and O–H groups in total. The predicted octanol–water partition coefficient (Wildman–Crippen LogP) is 3.66. The smallest absolute Gasteiger partial charge is 0.323 e. The number of anilines is 3. The molecule has 0 aromatic heterocycles. The number of carbonyl (C=O) groups excluding carboxylic acids is 1. The first-order valence-corrected chi connectivity index (χ1v) is 6.51. The number of benzene rings is 2. The maximum atomic E-state index is 12.9. The molecule has 2 amide bonds. The average molecular weight is 371 g/mol. The van der Waals surface area contributed by atoms with E-state index in [1.165, 1.54) is 18.2 Å². The Morgan fingerprint density at radius 1 is 1.11 bits per heavy atom. The van der Waals surface area contributed by atoms with Crippen LogP contribution in [0.25, 0.3) is 0 Å². The Morgan fingerprint density at radius 2 is 1.79 bits per heavy atom. The van der Waals surface area contributed by atoms with E-state index in [2.05, 4.69) is 10.6 Å². The van der Waals surface area contributed by atoms with Crippen LogP contribution in [0.1, 0.15) is 0 Å². The summed E-state index contributed by atoms with van der Waals surface area (Å²) >= 11 is 1.96. The van der Waals surface area contributed by atoms with E-state index in [9.17, 15) is 9.18 Å². The van der Waals surface area contributed by atoms with Gasteiger partial charge in [-0.2, -0.15) is 0 Å². The largest absolute Gasteiger partial charge is 0.399 e. The molecule has 0 atom stereocenters. The number of nitrogens with one attached hydrogen (secondary N) is 2. The van der Waals surface area contributed by atoms with Gasteiger partial charge in [-0.15, -0.1) is 0 Å². The van der Waals surface area contributed by atoms with Crippen LogP contribution < -0.4 is 16.4 Å². The van der Waals surface area contributed by atoms with Crippen molar-refractivity contribution in [3.05, 3.63) is 51.9 Å². The second-order valence-electron chi connectivity index (χ2n) is 3.83. The third-order valence-corrected chi connectivity index (χ3v) is 3.24. The molecule has 0 spiro atoms. The molecule has 0 aliphatic heterocycles. The highest BCUT2D eigenvalue weighted by Gasteiger charge is 2.06. The zero-order valence-electron chi connectivity index (χ0n) is 9.78. The van der Waals surface area contributed by atoms with Crippen molar-refractivity contribution in [1.82, 2.24) is 0 Å². The molecule has 2 aromatic carbocycles. The van der Waals surface area contributed by atoms with Gasteiger partial charge in [0.05, 0.1) is 5.69 Å². The lowest BCUT2D eigenvalue weighted by atomic mass is 10.3. The van der Waals surface area contributed by atoms with E-state index < -0.39 is 6.03 Å². The van der Waals surface area contributed by atoms with E-state index in [1.807, 2.05) is 22.6 Å². The predicted molar refractivity (Wildman–Crippen MR) is 82.6 cm³/mol. The Morgan fingerprint density at radius 3 is 2.42 bits per heavy atom. The number of carbonyl (C=O) groups is 1. The second kappa shape index (κ2) is 5.87. The van der Waals surface area contributed by atoms with Gasteiger partial charge in [-0.3, -0.25) is 0 Å². The zero-order valence-corrected chi connectivity index (χ0v) is 11.9. The van der Waals surface area contributed by atoms with Crippen molar-refractivity contribution in [2.24, 2.45) is 0 Å². The molecule has 98 valence electrons. The molecule has 0 fully saturated rings. The summed E-state index contributed by atoms with van der Waals surface area (Å²) in [7, 11) is 0. The average Bonchev–Trinajstić information content (AvgIpc) is 2.36. The van der Waals surface area contributed by atoms with E-state index in [0.717, 1.165) is 0 Å². The summed E-state index contributed by atoms with van der Waals surface area (Å²) in [4.78, 5) is 11.8. The minimum atomic E-state index is -0.394. The summed E-state index contributed by atoms with van der Waals surface area (Å²) < 4.78 is 13.6. The molecule has 6 heteroatoms. The van der Waals surface area contributed by atoms with Gasteiger partial charge in [0.25, 0.3) is 0 Å². The van der Waals surface area contributed by atoms with E-state index >= 15 is 0 Å². The van der Waals surface area contributed by atoms with E-state index in [0.29, 0.717) is 20.6 Å². The maximum absolute atomic E-state index is 12.9. The molecule has 19 heavy (non-hydrogen) atoms. The van der Waals surface area contributed by atoms with Crippen LogP contribution in [0.15, 0.2) is 42.5 Å². The molecule has 2 rings (SSSR count). The Bertz CT molecular complexity index is 601. The Hall–Kier alpha value is -1.83. The standard InChI is InChI=1S/C13H11FIN3O/c14-8-1-6-12(11(15)7-8)18-13(19)17-10-4-2-9(16)3-5-10/h1-7H,16H2,(H2,17,18,19). The van der Waals surface area contributed by atoms with E-state index in [-0.39, 0.29) is 5.82 Å². The SMILES string of the molecule is Nc1ccc(NC(=O)Nc2ccc(F)cc2I)cc1. The number of nitrogen functional groups attached to an aromatic ring is 1. The first kappa shape index (κ1) is 13.6. The first-order chi connectivity index (χ1) is 9.04. The van der Waals surface area contributed by atoms with Gasteiger partial charge in [0.15, 0.2) is 0 Å². The van der Waals surface area contributed by atoms with Crippen LogP contribution in [0, 0.1) is 9.39 Å². The quantitative estimate of drug-likeness (QED) is 0.557. The number of halogens is 2. The van der Waals surface area contributed by atoms with Gasteiger partial charge in [-0.05, 0) is 65.1 Å². The highest BCUT2D eigenvalue weighted by molar-refractivity contribution is 14.1. The van der Waals surface area contributed by atoms with Crippen LogP contribution in [0.4, 0.5) is 26.2 Å². The number of hydrogen-bond donors (Lipinski definition) is 3. The van der Waals surface area contributed by atoms with Crippen molar-refractivity contribution in [2.75, 3.05) is 16.4 Å². The van der Waals surface area contributed by atoms with Crippen LogP contribution >= 0.6 is 22.6 Å². The molecule has 0 radical (unpaired) electrons. The molecule has 0 bridgehead atoms. The molecule has 0 saturated heterocycles. The van der Waals surface area contributed by atoms with Crippen molar-refractivity contribution >= 4 is 45.7 Å². The minimum Gasteiger partial charge on any atom is -0.399 e. The fraction of sp³-hybridized carbons (Fsp3) is 0.